The van der Waals surface area contributed by atoms with Gasteiger partial charge in [0.15, 0.2) is 9.84 Å². The van der Waals surface area contributed by atoms with E-state index < -0.39 is 25.9 Å². The van der Waals surface area contributed by atoms with Crippen molar-refractivity contribution in [3.63, 3.8) is 0 Å². The van der Waals surface area contributed by atoms with E-state index in [9.17, 15) is 16.8 Å². The van der Waals surface area contributed by atoms with Crippen LogP contribution in [0.4, 0.5) is 0 Å². The van der Waals surface area contributed by atoms with Gasteiger partial charge in [-0.25, -0.2) is 16.8 Å². The highest BCUT2D eigenvalue weighted by molar-refractivity contribution is 7.92. The van der Waals surface area contributed by atoms with Gasteiger partial charge < -0.3 is 0 Å². The lowest BCUT2D eigenvalue weighted by molar-refractivity contribution is 0.402. The highest BCUT2D eigenvalue weighted by atomic mass is 32.2. The zero-order chi connectivity index (χ0) is 17.7. The van der Waals surface area contributed by atoms with Crippen LogP contribution in [0.1, 0.15) is 22.7 Å². The second-order valence-electron chi connectivity index (χ2n) is 6.13. The number of nitrogens with zero attached hydrogens (tertiary/aromatic N) is 1. The largest absolute Gasteiger partial charge is 0.243 e. The molecule has 0 spiro atoms. The van der Waals surface area contributed by atoms with Gasteiger partial charge in [0.05, 0.1) is 21.6 Å². The molecule has 2 aromatic carbocycles. The molecule has 1 atom stereocenters. The molecule has 7 heteroatoms. The predicted molar refractivity (Wildman–Crippen MR) is 92.1 cm³/mol. The predicted octanol–water partition coefficient (Wildman–Crippen LogP) is 2.45. The van der Waals surface area contributed by atoms with Crippen molar-refractivity contribution in [2.45, 2.75) is 29.7 Å². The van der Waals surface area contributed by atoms with E-state index in [1.165, 1.54) is 17.4 Å². The maximum atomic E-state index is 13.0. The summed E-state index contributed by atoms with van der Waals surface area (Å²) in [6.45, 7) is 3.56. The van der Waals surface area contributed by atoms with Crippen LogP contribution in [-0.2, 0) is 19.9 Å². The van der Waals surface area contributed by atoms with Crippen LogP contribution in [0.2, 0.25) is 0 Å². The second kappa shape index (κ2) is 5.68. The molecule has 0 radical (unpaired) electrons. The summed E-state index contributed by atoms with van der Waals surface area (Å²) >= 11 is 0. The standard InChI is InChI=1S/C17H19NO4S2/c1-12-8-9-13(2)17(10-12)24(21,22)18(3)15-11-23(19,20)16-7-5-4-6-14(15)16/h4-10,15H,11H2,1-3H3. The van der Waals surface area contributed by atoms with Crippen molar-refractivity contribution in [3.8, 4) is 0 Å². The highest BCUT2D eigenvalue weighted by Crippen LogP contribution is 2.38. The molecule has 0 N–H and O–H groups in total. The lowest BCUT2D eigenvalue weighted by atomic mass is 10.1. The molecule has 0 saturated carbocycles. The monoisotopic (exact) mass is 365 g/mol. The third kappa shape index (κ3) is 2.66. The minimum atomic E-state index is -3.80. The average molecular weight is 365 g/mol. The molecule has 1 aliphatic heterocycles. The zero-order valence-corrected chi connectivity index (χ0v) is 15.4. The molecule has 0 aliphatic carbocycles. The molecule has 0 saturated heterocycles. The number of hydrogen-bond donors (Lipinski definition) is 0. The zero-order valence-electron chi connectivity index (χ0n) is 13.7. The molecule has 0 bridgehead atoms. The SMILES string of the molecule is Cc1ccc(C)c(S(=O)(=O)N(C)C2CS(=O)(=O)c3ccccc32)c1. The average Bonchev–Trinajstić information content (AvgIpc) is 2.81. The molecular formula is C17H19NO4S2. The Kier molecular flexibility index (Phi) is 4.06. The van der Waals surface area contributed by atoms with Crippen LogP contribution < -0.4 is 0 Å². The molecule has 0 fully saturated rings. The fourth-order valence-corrected chi connectivity index (χ4v) is 6.62. The van der Waals surface area contributed by atoms with Crippen LogP contribution >= 0.6 is 0 Å². The first kappa shape index (κ1) is 17.1. The lowest BCUT2D eigenvalue weighted by Gasteiger charge is -2.24. The van der Waals surface area contributed by atoms with E-state index >= 15 is 0 Å². The number of sulfonamides is 1. The fourth-order valence-electron chi connectivity index (χ4n) is 3.04. The van der Waals surface area contributed by atoms with Crippen LogP contribution in [0.3, 0.4) is 0 Å². The Labute approximate surface area is 142 Å². The first-order valence-electron chi connectivity index (χ1n) is 7.51. The first-order chi connectivity index (χ1) is 11.1. The van der Waals surface area contributed by atoms with E-state index in [-0.39, 0.29) is 15.5 Å². The van der Waals surface area contributed by atoms with Crippen LogP contribution in [0, 0.1) is 13.8 Å². The number of rotatable bonds is 3. The summed E-state index contributed by atoms with van der Waals surface area (Å²) < 4.78 is 51.9. The van der Waals surface area contributed by atoms with E-state index in [1.54, 1.807) is 37.3 Å². The Balaban J connectivity index is 2.10. The number of fused-ring (bicyclic) bond motifs is 1. The Morgan fingerprint density at radius 3 is 2.46 bits per heavy atom. The van der Waals surface area contributed by atoms with Crippen LogP contribution in [-0.4, -0.2) is 33.9 Å². The summed E-state index contributed by atoms with van der Waals surface area (Å²) in [5.74, 6) is -0.229. The van der Waals surface area contributed by atoms with Gasteiger partial charge in [0.2, 0.25) is 10.0 Å². The maximum Gasteiger partial charge on any atom is 0.243 e. The molecule has 1 unspecified atom stereocenters. The van der Waals surface area contributed by atoms with E-state index in [1.807, 2.05) is 13.0 Å². The van der Waals surface area contributed by atoms with Gasteiger partial charge >= 0.3 is 0 Å². The van der Waals surface area contributed by atoms with Gasteiger partial charge in [0.1, 0.15) is 0 Å². The minimum absolute atomic E-state index is 0.215. The van der Waals surface area contributed by atoms with Gasteiger partial charge in [-0.3, -0.25) is 0 Å². The lowest BCUT2D eigenvalue weighted by Crippen LogP contribution is -2.32. The molecule has 1 heterocycles. The van der Waals surface area contributed by atoms with Crippen molar-refractivity contribution >= 4 is 19.9 Å². The Hall–Kier alpha value is -1.70. The van der Waals surface area contributed by atoms with Crippen molar-refractivity contribution in [1.29, 1.82) is 0 Å². The summed E-state index contributed by atoms with van der Waals surface area (Å²) in [5.41, 5.74) is 2.02. The van der Waals surface area contributed by atoms with Crippen molar-refractivity contribution in [2.24, 2.45) is 0 Å². The molecular weight excluding hydrogens is 346 g/mol. The third-order valence-corrected chi connectivity index (χ3v) is 8.23. The van der Waals surface area contributed by atoms with Crippen LogP contribution in [0.15, 0.2) is 52.3 Å². The molecule has 24 heavy (non-hydrogen) atoms. The quantitative estimate of drug-likeness (QED) is 0.838. The van der Waals surface area contributed by atoms with Gasteiger partial charge in [-0.05, 0) is 42.7 Å². The number of benzene rings is 2. The summed E-state index contributed by atoms with van der Waals surface area (Å²) in [4.78, 5) is 0.435. The van der Waals surface area contributed by atoms with Crippen LogP contribution in [0.25, 0.3) is 0 Å². The summed E-state index contributed by atoms with van der Waals surface area (Å²) in [6, 6.07) is 11.1. The number of hydrogen-bond acceptors (Lipinski definition) is 4. The van der Waals surface area contributed by atoms with Gasteiger partial charge in [0, 0.05) is 7.05 Å². The van der Waals surface area contributed by atoms with Crippen molar-refractivity contribution < 1.29 is 16.8 Å². The second-order valence-corrected chi connectivity index (χ2v) is 10.1. The summed E-state index contributed by atoms with van der Waals surface area (Å²) in [7, 11) is -5.82. The summed E-state index contributed by atoms with van der Waals surface area (Å²) in [6.07, 6.45) is 0. The molecule has 1 aliphatic rings. The topological polar surface area (TPSA) is 71.5 Å². The van der Waals surface area contributed by atoms with E-state index in [0.717, 1.165) is 5.56 Å². The Morgan fingerprint density at radius 2 is 1.75 bits per heavy atom. The minimum Gasteiger partial charge on any atom is -0.224 e. The van der Waals surface area contributed by atoms with Gasteiger partial charge in [0.25, 0.3) is 0 Å². The van der Waals surface area contributed by atoms with Crippen molar-refractivity contribution in [3.05, 3.63) is 59.2 Å². The van der Waals surface area contributed by atoms with Crippen molar-refractivity contribution in [2.75, 3.05) is 12.8 Å². The maximum absolute atomic E-state index is 13.0. The first-order valence-corrected chi connectivity index (χ1v) is 10.6. The van der Waals surface area contributed by atoms with Crippen molar-refractivity contribution in [1.82, 2.24) is 4.31 Å². The normalized spacial score (nSPS) is 19.4. The highest BCUT2D eigenvalue weighted by Gasteiger charge is 2.41. The van der Waals surface area contributed by atoms with E-state index in [4.69, 9.17) is 0 Å². The van der Waals surface area contributed by atoms with Crippen LogP contribution in [0.5, 0.6) is 0 Å². The molecule has 5 nitrogen and oxygen atoms in total. The number of aryl methyl sites for hydroxylation is 2. The molecule has 128 valence electrons. The van der Waals surface area contributed by atoms with E-state index in [2.05, 4.69) is 0 Å². The summed E-state index contributed by atoms with van der Waals surface area (Å²) in [5, 5.41) is 0. The molecule has 0 aromatic heterocycles. The molecule has 2 aromatic rings. The Bertz CT molecular complexity index is 1010. The van der Waals surface area contributed by atoms with Gasteiger partial charge in [-0.1, -0.05) is 30.3 Å². The fraction of sp³-hybridized carbons (Fsp3) is 0.294. The third-order valence-electron chi connectivity index (χ3n) is 4.43. The smallest absolute Gasteiger partial charge is 0.224 e. The molecule has 3 rings (SSSR count). The van der Waals surface area contributed by atoms with E-state index in [0.29, 0.717) is 11.1 Å². The Morgan fingerprint density at radius 1 is 1.08 bits per heavy atom. The van der Waals surface area contributed by atoms with Gasteiger partial charge in [-0.15, -0.1) is 0 Å². The molecule has 0 amide bonds. The number of sulfone groups is 1. The van der Waals surface area contributed by atoms with Gasteiger partial charge in [-0.2, -0.15) is 4.31 Å².